The first-order chi connectivity index (χ1) is 19.5. The molecule has 0 bridgehead atoms. The second-order valence-corrected chi connectivity index (χ2v) is 10.7. The highest BCUT2D eigenvalue weighted by atomic mass is 35.5. The topological polar surface area (TPSA) is 64.3 Å². The molecule has 0 unspecified atom stereocenters. The number of nitrogens with zero attached hydrogens (tertiary/aromatic N) is 2. The van der Waals surface area contributed by atoms with Crippen molar-refractivity contribution in [3.8, 4) is 28.3 Å². The maximum absolute atomic E-state index is 14.1. The lowest BCUT2D eigenvalue weighted by Crippen LogP contribution is -2.14. The molecule has 4 aromatic carbocycles. The van der Waals surface area contributed by atoms with Gasteiger partial charge in [-0.15, -0.1) is 0 Å². The van der Waals surface area contributed by atoms with Crippen molar-refractivity contribution in [2.75, 3.05) is 0 Å². The lowest BCUT2D eigenvalue weighted by molar-refractivity contribution is 0.0697. The molecule has 0 radical (unpaired) electrons. The number of hydrogen-bond donors (Lipinski definition) is 1. The van der Waals surface area contributed by atoms with E-state index in [1.54, 1.807) is 18.2 Å². The number of ether oxygens (including phenoxy) is 1. The number of benzene rings is 4. The van der Waals surface area contributed by atoms with Crippen molar-refractivity contribution in [1.82, 2.24) is 9.55 Å². The van der Waals surface area contributed by atoms with Crippen LogP contribution in [0.4, 0.5) is 4.39 Å². The number of aromatic carboxylic acids is 1. The maximum Gasteiger partial charge on any atom is 0.335 e. The van der Waals surface area contributed by atoms with Crippen molar-refractivity contribution in [2.45, 2.75) is 44.8 Å². The van der Waals surface area contributed by atoms with E-state index in [9.17, 15) is 14.3 Å². The van der Waals surface area contributed by atoms with Gasteiger partial charge >= 0.3 is 5.97 Å². The van der Waals surface area contributed by atoms with Gasteiger partial charge in [-0.1, -0.05) is 49.1 Å². The molecule has 1 aliphatic rings. The highest BCUT2D eigenvalue weighted by molar-refractivity contribution is 6.30. The molecule has 6 rings (SSSR count). The van der Waals surface area contributed by atoms with Gasteiger partial charge in [-0.05, 0) is 96.3 Å². The molecule has 202 valence electrons. The number of aromatic nitrogens is 2. The van der Waals surface area contributed by atoms with E-state index in [4.69, 9.17) is 21.3 Å². The first-order valence-electron chi connectivity index (χ1n) is 13.5. The van der Waals surface area contributed by atoms with Crippen LogP contribution in [0.3, 0.4) is 0 Å². The monoisotopic (exact) mass is 554 g/mol. The van der Waals surface area contributed by atoms with Crippen molar-refractivity contribution in [3.05, 3.63) is 107 Å². The predicted molar refractivity (Wildman–Crippen MR) is 155 cm³/mol. The number of fused-ring (bicyclic) bond motifs is 1. The minimum atomic E-state index is -0.963. The van der Waals surface area contributed by atoms with E-state index in [1.165, 1.54) is 31.4 Å². The van der Waals surface area contributed by atoms with Crippen LogP contribution in [-0.2, 0) is 6.61 Å². The molecule has 0 aliphatic heterocycles. The van der Waals surface area contributed by atoms with E-state index in [2.05, 4.69) is 4.57 Å². The van der Waals surface area contributed by atoms with E-state index in [-0.39, 0.29) is 18.0 Å². The van der Waals surface area contributed by atoms with E-state index < -0.39 is 5.97 Å². The Balaban J connectivity index is 1.28. The highest BCUT2D eigenvalue weighted by Gasteiger charge is 2.23. The summed E-state index contributed by atoms with van der Waals surface area (Å²) < 4.78 is 22.5. The van der Waals surface area contributed by atoms with Crippen molar-refractivity contribution in [2.24, 2.45) is 0 Å². The maximum atomic E-state index is 14.1. The molecule has 0 saturated heterocycles. The van der Waals surface area contributed by atoms with E-state index >= 15 is 0 Å². The van der Waals surface area contributed by atoms with Gasteiger partial charge in [0, 0.05) is 16.6 Å². The Labute approximate surface area is 236 Å². The van der Waals surface area contributed by atoms with Gasteiger partial charge in [-0.25, -0.2) is 14.2 Å². The summed E-state index contributed by atoms with van der Waals surface area (Å²) in [4.78, 5) is 16.5. The Morgan fingerprint density at radius 2 is 1.65 bits per heavy atom. The van der Waals surface area contributed by atoms with Crippen LogP contribution in [0.15, 0.2) is 84.9 Å². The normalized spacial score (nSPS) is 13.9. The van der Waals surface area contributed by atoms with Gasteiger partial charge in [-0.2, -0.15) is 0 Å². The standard InChI is InChI=1S/C33H28ClFN2O3/c34-25-11-6-21(7-12-25)29-16-13-26(35)18-24(29)20-40-28-14-8-22(9-15-28)32-36-30-19-23(33(38)39)10-17-31(30)37(32)27-4-2-1-3-5-27/h6-19,27H,1-5,20H2,(H,38,39). The number of hydrogen-bond acceptors (Lipinski definition) is 3. The minimum absolute atomic E-state index is 0.202. The summed E-state index contributed by atoms with van der Waals surface area (Å²) in [6, 6.07) is 25.4. The summed E-state index contributed by atoms with van der Waals surface area (Å²) in [5, 5.41) is 10.1. The van der Waals surface area contributed by atoms with Gasteiger partial charge in [0.25, 0.3) is 0 Å². The zero-order valence-electron chi connectivity index (χ0n) is 21.8. The van der Waals surface area contributed by atoms with Crippen molar-refractivity contribution < 1.29 is 19.0 Å². The number of halogens is 2. The second-order valence-electron chi connectivity index (χ2n) is 10.2. The highest BCUT2D eigenvalue weighted by Crippen LogP contribution is 2.37. The van der Waals surface area contributed by atoms with Gasteiger partial charge in [0.2, 0.25) is 0 Å². The second kappa shape index (κ2) is 11.1. The fourth-order valence-electron chi connectivity index (χ4n) is 5.60. The van der Waals surface area contributed by atoms with Crippen LogP contribution in [0.1, 0.15) is 54.1 Å². The Morgan fingerprint density at radius 1 is 0.925 bits per heavy atom. The van der Waals surface area contributed by atoms with Gasteiger partial charge in [0.15, 0.2) is 0 Å². The summed E-state index contributed by atoms with van der Waals surface area (Å²) in [6.07, 6.45) is 5.72. The fourth-order valence-corrected chi connectivity index (χ4v) is 5.72. The molecule has 1 aromatic heterocycles. The fraction of sp³-hybridized carbons (Fsp3) is 0.212. The largest absolute Gasteiger partial charge is 0.489 e. The third kappa shape index (κ3) is 5.32. The Morgan fingerprint density at radius 3 is 2.38 bits per heavy atom. The average molecular weight is 555 g/mol. The summed E-state index contributed by atoms with van der Waals surface area (Å²) in [7, 11) is 0. The molecule has 0 spiro atoms. The summed E-state index contributed by atoms with van der Waals surface area (Å²) >= 11 is 6.04. The summed E-state index contributed by atoms with van der Waals surface area (Å²) in [5.41, 5.74) is 5.35. The predicted octanol–water partition coefficient (Wildman–Crippen LogP) is 8.95. The van der Waals surface area contributed by atoms with Gasteiger partial charge in [0.05, 0.1) is 16.6 Å². The number of carboxylic acids is 1. The Kier molecular flexibility index (Phi) is 7.27. The SMILES string of the molecule is O=C(O)c1ccc2c(c1)nc(-c1ccc(OCc3cc(F)ccc3-c3ccc(Cl)cc3)cc1)n2C1CCCCC1. The molecule has 1 saturated carbocycles. The number of carboxylic acid groups (broad SMARTS) is 1. The van der Waals surface area contributed by atoms with Crippen molar-refractivity contribution in [1.29, 1.82) is 0 Å². The van der Waals surface area contributed by atoms with E-state index in [0.29, 0.717) is 22.3 Å². The number of carbonyl (C=O) groups is 1. The number of imidazole rings is 1. The van der Waals surface area contributed by atoms with Crippen LogP contribution in [-0.4, -0.2) is 20.6 Å². The zero-order chi connectivity index (χ0) is 27.6. The van der Waals surface area contributed by atoms with Crippen LogP contribution in [0.25, 0.3) is 33.5 Å². The first kappa shape index (κ1) is 26.1. The van der Waals surface area contributed by atoms with Crippen LogP contribution in [0, 0.1) is 5.82 Å². The number of rotatable bonds is 7. The lowest BCUT2D eigenvalue weighted by atomic mass is 9.95. The Hall–Kier alpha value is -4.16. The summed E-state index contributed by atoms with van der Waals surface area (Å²) in [6.45, 7) is 0.202. The van der Waals surface area contributed by atoms with Crippen LogP contribution in [0.2, 0.25) is 5.02 Å². The molecule has 5 nitrogen and oxygen atoms in total. The third-order valence-electron chi connectivity index (χ3n) is 7.61. The minimum Gasteiger partial charge on any atom is -0.489 e. The molecule has 1 heterocycles. The van der Waals surface area contributed by atoms with Crippen LogP contribution in [0.5, 0.6) is 5.75 Å². The molecule has 1 N–H and O–H groups in total. The molecule has 0 atom stereocenters. The molecule has 5 aromatic rings. The lowest BCUT2D eigenvalue weighted by Gasteiger charge is -2.25. The van der Waals surface area contributed by atoms with E-state index in [0.717, 1.165) is 46.4 Å². The molecular weight excluding hydrogens is 527 g/mol. The molecule has 1 aliphatic carbocycles. The van der Waals surface area contributed by atoms with Gasteiger partial charge in [-0.3, -0.25) is 0 Å². The van der Waals surface area contributed by atoms with Gasteiger partial charge in [0.1, 0.15) is 24.0 Å². The smallest absolute Gasteiger partial charge is 0.335 e. The van der Waals surface area contributed by atoms with Crippen molar-refractivity contribution >= 4 is 28.6 Å². The summed E-state index contributed by atoms with van der Waals surface area (Å²) in [5.74, 6) is 0.198. The molecule has 40 heavy (non-hydrogen) atoms. The average Bonchev–Trinajstić information content (AvgIpc) is 3.36. The van der Waals surface area contributed by atoms with Gasteiger partial charge < -0.3 is 14.4 Å². The van der Waals surface area contributed by atoms with Crippen molar-refractivity contribution in [3.63, 3.8) is 0 Å². The molecule has 1 fully saturated rings. The molecular formula is C33H28ClFN2O3. The zero-order valence-corrected chi connectivity index (χ0v) is 22.6. The molecule has 7 heteroatoms. The van der Waals surface area contributed by atoms with Crippen LogP contribution >= 0.6 is 11.6 Å². The Bertz CT molecular complexity index is 1670. The van der Waals surface area contributed by atoms with E-state index in [1.807, 2.05) is 54.6 Å². The molecule has 0 amide bonds. The quantitative estimate of drug-likeness (QED) is 0.218. The van der Waals surface area contributed by atoms with Crippen LogP contribution < -0.4 is 4.74 Å². The third-order valence-corrected chi connectivity index (χ3v) is 7.86. The first-order valence-corrected chi connectivity index (χ1v) is 13.9.